The van der Waals surface area contributed by atoms with Crippen LogP contribution in [0.5, 0.6) is 0 Å². The summed E-state index contributed by atoms with van der Waals surface area (Å²) in [5.41, 5.74) is 2.27. The summed E-state index contributed by atoms with van der Waals surface area (Å²) in [6, 6.07) is 11.1. The highest BCUT2D eigenvalue weighted by Gasteiger charge is 2.20. The third kappa shape index (κ3) is 4.09. The molecule has 0 radical (unpaired) electrons. The summed E-state index contributed by atoms with van der Waals surface area (Å²) in [5.74, 6) is -0.363. The Morgan fingerprint density at radius 1 is 1.03 bits per heavy atom. The summed E-state index contributed by atoms with van der Waals surface area (Å²) >= 11 is 1.41. The molecule has 10 heteroatoms. The average molecular weight is 427 g/mol. The van der Waals surface area contributed by atoms with Crippen molar-refractivity contribution in [1.82, 2.24) is 35.0 Å². The molecule has 0 bridgehead atoms. The SMILES string of the molecule is CCn1c(SC(C)c2nnn(-c3cccc(C)c3)n2)nnc1-c1cc(F)cc(F)c1. The normalized spacial score (nSPS) is 12.3. The van der Waals surface area contributed by atoms with Gasteiger partial charge in [-0.3, -0.25) is 0 Å². The number of hydrogen-bond donors (Lipinski definition) is 0. The zero-order chi connectivity index (χ0) is 21.3. The molecule has 2 heterocycles. The van der Waals surface area contributed by atoms with Crippen molar-refractivity contribution >= 4 is 11.8 Å². The second kappa shape index (κ2) is 8.31. The summed E-state index contributed by atoms with van der Waals surface area (Å²) in [7, 11) is 0. The van der Waals surface area contributed by atoms with Gasteiger partial charge in [0.25, 0.3) is 0 Å². The molecule has 0 fully saturated rings. The Bertz CT molecular complexity index is 1170. The first-order valence-electron chi connectivity index (χ1n) is 9.38. The predicted octanol–water partition coefficient (Wildman–Crippen LogP) is 4.38. The van der Waals surface area contributed by atoms with Crippen molar-refractivity contribution in [2.45, 2.75) is 37.7 Å². The molecule has 1 unspecified atom stereocenters. The second-order valence-corrected chi connectivity index (χ2v) is 8.05. The first-order chi connectivity index (χ1) is 14.4. The highest BCUT2D eigenvalue weighted by Crippen LogP contribution is 2.34. The van der Waals surface area contributed by atoms with Gasteiger partial charge in [0.15, 0.2) is 16.8 Å². The molecule has 4 aromatic rings. The molecule has 0 amide bonds. The molecule has 0 aliphatic rings. The van der Waals surface area contributed by atoms with E-state index in [-0.39, 0.29) is 5.25 Å². The maximum atomic E-state index is 13.6. The molecular formula is C20H19F2N7S. The summed E-state index contributed by atoms with van der Waals surface area (Å²) in [4.78, 5) is 1.49. The Morgan fingerprint density at radius 3 is 2.50 bits per heavy atom. The van der Waals surface area contributed by atoms with E-state index in [1.807, 2.05) is 45.0 Å². The van der Waals surface area contributed by atoms with E-state index in [0.29, 0.717) is 28.9 Å². The van der Waals surface area contributed by atoms with Gasteiger partial charge in [-0.2, -0.15) is 0 Å². The standard InChI is InChI=1S/C20H19F2N7S/c1-4-28-19(14-9-15(21)11-16(22)10-14)24-25-20(28)30-13(3)18-23-27-29(26-18)17-7-5-6-12(2)8-17/h5-11,13H,4H2,1-3H3. The van der Waals surface area contributed by atoms with E-state index in [9.17, 15) is 8.78 Å². The van der Waals surface area contributed by atoms with Crippen LogP contribution in [0.15, 0.2) is 47.6 Å². The molecule has 2 aromatic carbocycles. The highest BCUT2D eigenvalue weighted by molar-refractivity contribution is 7.99. The van der Waals surface area contributed by atoms with E-state index >= 15 is 0 Å². The lowest BCUT2D eigenvalue weighted by Gasteiger charge is -2.10. The van der Waals surface area contributed by atoms with Gasteiger partial charge in [0.05, 0.1) is 10.9 Å². The van der Waals surface area contributed by atoms with Gasteiger partial charge in [0.2, 0.25) is 0 Å². The monoisotopic (exact) mass is 427 g/mol. The van der Waals surface area contributed by atoms with E-state index < -0.39 is 11.6 Å². The Morgan fingerprint density at radius 2 is 1.80 bits per heavy atom. The Balaban J connectivity index is 1.58. The molecule has 1 atom stereocenters. The molecule has 7 nitrogen and oxygen atoms in total. The third-order valence-corrected chi connectivity index (χ3v) is 5.54. The molecule has 4 rings (SSSR count). The van der Waals surface area contributed by atoms with Crippen LogP contribution in [-0.4, -0.2) is 35.0 Å². The molecule has 0 spiro atoms. The van der Waals surface area contributed by atoms with Crippen molar-refractivity contribution in [1.29, 1.82) is 0 Å². The van der Waals surface area contributed by atoms with Gasteiger partial charge in [-0.1, -0.05) is 23.9 Å². The lowest BCUT2D eigenvalue weighted by atomic mass is 10.2. The Labute approximate surface area is 176 Å². The molecule has 0 aliphatic heterocycles. The van der Waals surface area contributed by atoms with Gasteiger partial charge in [0, 0.05) is 18.2 Å². The lowest BCUT2D eigenvalue weighted by molar-refractivity contribution is 0.583. The fourth-order valence-electron chi connectivity index (χ4n) is 3.02. The number of thioether (sulfide) groups is 1. The largest absolute Gasteiger partial charge is 0.302 e. The number of rotatable bonds is 6. The maximum Gasteiger partial charge on any atom is 0.192 e. The molecule has 154 valence electrons. The number of aromatic nitrogens is 7. The fourth-order valence-corrected chi connectivity index (χ4v) is 3.96. The summed E-state index contributed by atoms with van der Waals surface area (Å²) in [6.45, 7) is 6.40. The molecule has 0 aliphatic carbocycles. The smallest absolute Gasteiger partial charge is 0.192 e. The zero-order valence-electron chi connectivity index (χ0n) is 16.6. The molecule has 2 aromatic heterocycles. The Hall–Kier alpha value is -3.14. The molecule has 30 heavy (non-hydrogen) atoms. The van der Waals surface area contributed by atoms with Gasteiger partial charge in [0.1, 0.15) is 11.6 Å². The maximum absolute atomic E-state index is 13.6. The number of halogens is 2. The highest BCUT2D eigenvalue weighted by atomic mass is 32.2. The third-order valence-electron chi connectivity index (χ3n) is 4.46. The van der Waals surface area contributed by atoms with E-state index in [2.05, 4.69) is 25.6 Å². The van der Waals surface area contributed by atoms with Crippen molar-refractivity contribution < 1.29 is 8.78 Å². The second-order valence-electron chi connectivity index (χ2n) is 6.74. The van der Waals surface area contributed by atoms with Crippen molar-refractivity contribution in [3.05, 3.63) is 65.5 Å². The summed E-state index contributed by atoms with van der Waals surface area (Å²) in [5, 5.41) is 21.6. The minimum absolute atomic E-state index is 0.157. The van der Waals surface area contributed by atoms with Gasteiger partial charge in [-0.25, -0.2) is 8.78 Å². The topological polar surface area (TPSA) is 74.3 Å². The molecule has 0 saturated heterocycles. The number of benzene rings is 2. The van der Waals surface area contributed by atoms with Gasteiger partial charge < -0.3 is 4.57 Å². The summed E-state index contributed by atoms with van der Waals surface area (Å²) < 4.78 is 29.1. The van der Waals surface area contributed by atoms with Crippen LogP contribution in [0.1, 0.15) is 30.5 Å². The van der Waals surface area contributed by atoms with E-state index in [4.69, 9.17) is 0 Å². The van der Waals surface area contributed by atoms with E-state index in [1.165, 1.54) is 28.7 Å². The first-order valence-corrected chi connectivity index (χ1v) is 10.3. The lowest BCUT2D eigenvalue weighted by Crippen LogP contribution is -2.03. The zero-order valence-corrected chi connectivity index (χ0v) is 17.4. The van der Waals surface area contributed by atoms with Crippen molar-refractivity contribution in [2.24, 2.45) is 0 Å². The average Bonchev–Trinajstić information content (AvgIpc) is 3.34. The fraction of sp³-hybridized carbons (Fsp3) is 0.250. The molecule has 0 N–H and O–H groups in total. The van der Waals surface area contributed by atoms with E-state index in [0.717, 1.165) is 17.3 Å². The number of tetrazole rings is 1. The van der Waals surface area contributed by atoms with Crippen LogP contribution in [0.3, 0.4) is 0 Å². The number of hydrogen-bond acceptors (Lipinski definition) is 6. The predicted molar refractivity (Wildman–Crippen MR) is 109 cm³/mol. The molecular weight excluding hydrogens is 408 g/mol. The van der Waals surface area contributed by atoms with Crippen molar-refractivity contribution in [3.63, 3.8) is 0 Å². The minimum Gasteiger partial charge on any atom is -0.302 e. The van der Waals surface area contributed by atoms with Crippen LogP contribution < -0.4 is 0 Å². The molecule has 0 saturated carbocycles. The van der Waals surface area contributed by atoms with Crippen LogP contribution in [0.4, 0.5) is 8.78 Å². The van der Waals surface area contributed by atoms with Gasteiger partial charge in [-0.05, 0) is 55.8 Å². The van der Waals surface area contributed by atoms with Gasteiger partial charge >= 0.3 is 0 Å². The number of nitrogens with zero attached hydrogens (tertiary/aromatic N) is 7. The van der Waals surface area contributed by atoms with E-state index in [1.54, 1.807) is 4.57 Å². The number of aryl methyl sites for hydroxylation is 1. The van der Waals surface area contributed by atoms with Crippen LogP contribution in [0.25, 0.3) is 17.1 Å². The minimum atomic E-state index is -0.657. The van der Waals surface area contributed by atoms with Crippen molar-refractivity contribution in [2.75, 3.05) is 0 Å². The van der Waals surface area contributed by atoms with Crippen LogP contribution in [0, 0.1) is 18.6 Å². The first kappa shape index (κ1) is 20.1. The van der Waals surface area contributed by atoms with Crippen LogP contribution in [-0.2, 0) is 6.54 Å². The quantitative estimate of drug-likeness (QED) is 0.425. The Kier molecular flexibility index (Phi) is 5.58. The van der Waals surface area contributed by atoms with Gasteiger partial charge in [-0.15, -0.1) is 25.2 Å². The van der Waals surface area contributed by atoms with Crippen LogP contribution >= 0.6 is 11.8 Å². The van der Waals surface area contributed by atoms with Crippen molar-refractivity contribution in [3.8, 4) is 17.1 Å². The summed E-state index contributed by atoms with van der Waals surface area (Å²) in [6.07, 6.45) is 0. The van der Waals surface area contributed by atoms with Crippen LogP contribution in [0.2, 0.25) is 0 Å².